The Morgan fingerprint density at radius 3 is 2.90 bits per heavy atom. The van der Waals surface area contributed by atoms with Crippen molar-refractivity contribution in [1.82, 2.24) is 15.2 Å². The average Bonchev–Trinajstić information content (AvgIpc) is 2.74. The number of halogens is 1. The summed E-state index contributed by atoms with van der Waals surface area (Å²) in [6.45, 7) is 4.30. The van der Waals surface area contributed by atoms with E-state index < -0.39 is 5.95 Å². The third-order valence-corrected chi connectivity index (χ3v) is 5.42. The fourth-order valence-corrected chi connectivity index (χ4v) is 3.93. The number of nitrogens with one attached hydrogen (secondary N) is 1. The lowest BCUT2D eigenvalue weighted by Gasteiger charge is -2.32. The number of carbonyl (C=O) groups is 1. The van der Waals surface area contributed by atoms with Gasteiger partial charge in [-0.2, -0.15) is 4.39 Å². The van der Waals surface area contributed by atoms with Gasteiger partial charge in [-0.05, 0) is 49.2 Å². The first kappa shape index (κ1) is 19.8. The van der Waals surface area contributed by atoms with Crippen LogP contribution in [0.5, 0.6) is 5.75 Å². The largest absolute Gasteiger partial charge is 0.491 e. The summed E-state index contributed by atoms with van der Waals surface area (Å²) in [7, 11) is 0. The molecule has 2 aliphatic heterocycles. The Morgan fingerprint density at radius 1 is 1.14 bits per heavy atom. The third kappa shape index (κ3) is 5.10. The van der Waals surface area contributed by atoms with Gasteiger partial charge >= 0.3 is 0 Å². The van der Waals surface area contributed by atoms with E-state index in [-0.39, 0.29) is 11.8 Å². The SMILES string of the molecule is O=C1NCCOCCOc2ccc(-c3ccc(F)nc3)cc2CN2CCCC1C2. The average molecular weight is 399 g/mol. The van der Waals surface area contributed by atoms with Gasteiger partial charge in [0.1, 0.15) is 12.4 Å². The highest BCUT2D eigenvalue weighted by atomic mass is 19.1. The van der Waals surface area contributed by atoms with E-state index in [4.69, 9.17) is 9.47 Å². The molecule has 4 rings (SSSR count). The molecule has 1 aromatic carbocycles. The molecule has 0 aliphatic carbocycles. The van der Waals surface area contributed by atoms with E-state index >= 15 is 0 Å². The maximum absolute atomic E-state index is 13.2. The number of hydrogen-bond donors (Lipinski definition) is 1. The van der Waals surface area contributed by atoms with Crippen LogP contribution in [0.25, 0.3) is 11.1 Å². The number of rotatable bonds is 1. The predicted molar refractivity (Wildman–Crippen MR) is 107 cm³/mol. The van der Waals surface area contributed by atoms with Gasteiger partial charge in [0, 0.05) is 37.0 Å². The number of piperidine rings is 1. The third-order valence-electron chi connectivity index (χ3n) is 5.42. The molecule has 1 aromatic heterocycles. The number of fused-ring (bicyclic) bond motifs is 3. The molecule has 1 amide bonds. The Hall–Kier alpha value is -2.51. The van der Waals surface area contributed by atoms with Crippen LogP contribution in [0.4, 0.5) is 4.39 Å². The summed E-state index contributed by atoms with van der Waals surface area (Å²) in [5.41, 5.74) is 2.86. The minimum atomic E-state index is -0.493. The van der Waals surface area contributed by atoms with Crippen molar-refractivity contribution in [3.63, 3.8) is 0 Å². The van der Waals surface area contributed by atoms with Crippen molar-refractivity contribution in [2.45, 2.75) is 19.4 Å². The van der Waals surface area contributed by atoms with Crippen molar-refractivity contribution in [2.24, 2.45) is 5.92 Å². The van der Waals surface area contributed by atoms with Gasteiger partial charge in [-0.1, -0.05) is 6.07 Å². The first-order chi connectivity index (χ1) is 14.2. The van der Waals surface area contributed by atoms with Crippen LogP contribution < -0.4 is 10.1 Å². The van der Waals surface area contributed by atoms with Crippen LogP contribution in [0.15, 0.2) is 36.5 Å². The second kappa shape index (κ2) is 9.33. The van der Waals surface area contributed by atoms with E-state index in [0.29, 0.717) is 32.9 Å². The van der Waals surface area contributed by atoms with Gasteiger partial charge in [0.25, 0.3) is 0 Å². The van der Waals surface area contributed by atoms with Crippen molar-refractivity contribution in [3.05, 3.63) is 48.0 Å². The lowest BCUT2D eigenvalue weighted by Crippen LogP contribution is -2.43. The van der Waals surface area contributed by atoms with Gasteiger partial charge in [-0.15, -0.1) is 0 Å². The Balaban J connectivity index is 1.60. The standard InChI is InChI=1S/C22H26FN3O3/c23-21-6-4-17(13-25-21)16-3-5-20-19(12-16)15-26-8-1-2-18(14-26)22(27)24-7-9-28-10-11-29-20/h3-6,12-13,18H,1-2,7-11,14-15H2,(H,24,27). The van der Waals surface area contributed by atoms with Gasteiger partial charge in [0.05, 0.1) is 19.1 Å². The fraction of sp³-hybridized carbons (Fsp3) is 0.455. The molecule has 2 aromatic rings. The smallest absolute Gasteiger partial charge is 0.224 e. The minimum absolute atomic E-state index is 0.000500. The fourth-order valence-electron chi connectivity index (χ4n) is 3.93. The Bertz CT molecular complexity index is 844. The minimum Gasteiger partial charge on any atom is -0.491 e. The van der Waals surface area contributed by atoms with Crippen LogP contribution in [-0.2, 0) is 16.1 Å². The molecule has 2 unspecified atom stereocenters. The van der Waals surface area contributed by atoms with Crippen molar-refractivity contribution in [3.8, 4) is 16.9 Å². The summed E-state index contributed by atoms with van der Waals surface area (Å²) >= 11 is 0. The number of amides is 1. The first-order valence-electron chi connectivity index (χ1n) is 10.1. The molecule has 0 spiro atoms. The molecule has 1 saturated heterocycles. The summed E-state index contributed by atoms with van der Waals surface area (Å²) in [6, 6.07) is 9.07. The van der Waals surface area contributed by atoms with Crippen molar-refractivity contribution < 1.29 is 18.7 Å². The summed E-state index contributed by atoms with van der Waals surface area (Å²) in [4.78, 5) is 18.5. The molecule has 154 valence electrons. The quantitative estimate of drug-likeness (QED) is 0.747. The van der Waals surface area contributed by atoms with E-state index in [0.717, 1.165) is 48.4 Å². The number of carbonyl (C=O) groups excluding carboxylic acids is 1. The number of hydrogen-bond acceptors (Lipinski definition) is 5. The van der Waals surface area contributed by atoms with E-state index in [2.05, 4.69) is 21.3 Å². The summed E-state index contributed by atoms with van der Waals surface area (Å²) in [6.07, 6.45) is 3.44. The molecule has 6 nitrogen and oxygen atoms in total. The predicted octanol–water partition coefficient (Wildman–Crippen LogP) is 2.62. The Labute approximate surface area is 170 Å². The molecule has 1 fully saturated rings. The first-order valence-corrected chi connectivity index (χ1v) is 10.1. The Kier molecular flexibility index (Phi) is 6.36. The number of aromatic nitrogens is 1. The van der Waals surface area contributed by atoms with Crippen LogP contribution in [0.2, 0.25) is 0 Å². The van der Waals surface area contributed by atoms with Crippen LogP contribution in [0.3, 0.4) is 0 Å². The maximum atomic E-state index is 13.2. The monoisotopic (exact) mass is 399 g/mol. The molecule has 0 saturated carbocycles. The van der Waals surface area contributed by atoms with Crippen molar-refractivity contribution in [2.75, 3.05) is 39.5 Å². The second-order valence-corrected chi connectivity index (χ2v) is 7.52. The highest BCUT2D eigenvalue weighted by Gasteiger charge is 2.26. The molecule has 29 heavy (non-hydrogen) atoms. The van der Waals surface area contributed by atoms with Gasteiger partial charge in [-0.3, -0.25) is 9.69 Å². The van der Waals surface area contributed by atoms with Crippen molar-refractivity contribution in [1.29, 1.82) is 0 Å². The molecule has 1 N–H and O–H groups in total. The summed E-state index contributed by atoms with van der Waals surface area (Å²) in [5.74, 6) is 0.433. The molecule has 7 heteroatoms. The van der Waals surface area contributed by atoms with Gasteiger partial charge < -0.3 is 14.8 Å². The number of ether oxygens (including phenoxy) is 2. The molecule has 3 heterocycles. The topological polar surface area (TPSA) is 63.7 Å². The van der Waals surface area contributed by atoms with Gasteiger partial charge in [0.15, 0.2) is 0 Å². The van der Waals surface area contributed by atoms with Gasteiger partial charge in [-0.25, -0.2) is 4.98 Å². The number of benzene rings is 1. The molecule has 2 aliphatic rings. The lowest BCUT2D eigenvalue weighted by atomic mass is 9.96. The zero-order valence-electron chi connectivity index (χ0n) is 16.4. The van der Waals surface area contributed by atoms with E-state index in [9.17, 15) is 9.18 Å². The summed E-state index contributed by atoms with van der Waals surface area (Å²) < 4.78 is 24.7. The molecule has 2 atom stereocenters. The number of pyridine rings is 1. The summed E-state index contributed by atoms with van der Waals surface area (Å²) in [5, 5.41) is 2.98. The molecular formula is C22H26FN3O3. The second-order valence-electron chi connectivity index (χ2n) is 7.52. The lowest BCUT2D eigenvalue weighted by molar-refractivity contribution is -0.127. The maximum Gasteiger partial charge on any atom is 0.224 e. The zero-order chi connectivity index (χ0) is 20.1. The van der Waals surface area contributed by atoms with Crippen molar-refractivity contribution >= 4 is 5.91 Å². The van der Waals surface area contributed by atoms with E-state index in [1.807, 2.05) is 12.1 Å². The van der Waals surface area contributed by atoms with Crippen LogP contribution in [0, 0.1) is 11.9 Å². The van der Waals surface area contributed by atoms with E-state index in [1.54, 1.807) is 6.07 Å². The van der Waals surface area contributed by atoms with Crippen LogP contribution in [-0.4, -0.2) is 55.2 Å². The highest BCUT2D eigenvalue weighted by Crippen LogP contribution is 2.29. The number of nitrogens with zero attached hydrogens (tertiary/aromatic N) is 2. The molecule has 0 radical (unpaired) electrons. The van der Waals surface area contributed by atoms with Gasteiger partial charge in [0.2, 0.25) is 11.9 Å². The van der Waals surface area contributed by atoms with E-state index in [1.165, 1.54) is 12.3 Å². The molecule has 2 bridgehead atoms. The highest BCUT2D eigenvalue weighted by molar-refractivity contribution is 5.79. The Morgan fingerprint density at radius 2 is 2.03 bits per heavy atom. The zero-order valence-corrected chi connectivity index (χ0v) is 16.4. The van der Waals surface area contributed by atoms with Crippen LogP contribution >= 0.6 is 0 Å². The normalized spacial score (nSPS) is 23.3. The van der Waals surface area contributed by atoms with Crippen LogP contribution in [0.1, 0.15) is 18.4 Å². The molecular weight excluding hydrogens is 373 g/mol.